The van der Waals surface area contributed by atoms with E-state index in [1.165, 1.54) is 6.42 Å². The average Bonchev–Trinajstić information content (AvgIpc) is 1.86. The van der Waals surface area contributed by atoms with Crippen LogP contribution in [0.25, 0.3) is 0 Å². The summed E-state index contributed by atoms with van der Waals surface area (Å²) in [7, 11) is 0. The molecule has 57 valence electrons. The highest BCUT2D eigenvalue weighted by atomic mass is 16.1. The van der Waals surface area contributed by atoms with Gasteiger partial charge in [-0.3, -0.25) is 4.79 Å². The van der Waals surface area contributed by atoms with Crippen molar-refractivity contribution in [1.29, 1.82) is 0 Å². The summed E-state index contributed by atoms with van der Waals surface area (Å²) in [6.07, 6.45) is 4.30. The van der Waals surface area contributed by atoms with Gasteiger partial charge in [0.25, 0.3) is 0 Å². The second-order valence-electron chi connectivity index (χ2n) is 3.78. The lowest BCUT2D eigenvalue weighted by atomic mass is 9.84. The molecule has 0 spiro atoms. The summed E-state index contributed by atoms with van der Waals surface area (Å²) < 4.78 is 0. The van der Waals surface area contributed by atoms with Crippen LogP contribution in [0.5, 0.6) is 0 Å². The Kier molecular flexibility index (Phi) is 1.97. The molecule has 1 fully saturated rings. The highest BCUT2D eigenvalue weighted by Gasteiger charge is 2.25. The molecular formula is C8H14NO. The second-order valence-corrected chi connectivity index (χ2v) is 3.78. The summed E-state index contributed by atoms with van der Waals surface area (Å²) >= 11 is 0. The zero-order chi connectivity index (χ0) is 7.61. The fourth-order valence-corrected chi connectivity index (χ4v) is 1.50. The van der Waals surface area contributed by atoms with Gasteiger partial charge in [-0.05, 0) is 18.3 Å². The van der Waals surface area contributed by atoms with E-state index in [2.05, 4.69) is 13.8 Å². The fraction of sp³-hybridized carbons (Fsp3) is 0.875. The van der Waals surface area contributed by atoms with Crippen LogP contribution in [0.4, 0.5) is 0 Å². The molecule has 0 bridgehead atoms. The minimum atomic E-state index is 0.315. The Bertz CT molecular complexity index is 131. The van der Waals surface area contributed by atoms with Crippen molar-refractivity contribution in [3.63, 3.8) is 0 Å². The molecule has 1 aliphatic rings. The molecule has 0 aliphatic carbocycles. The maximum absolute atomic E-state index is 10.2. The first-order valence-corrected chi connectivity index (χ1v) is 3.77. The molecule has 1 rings (SSSR count). The Morgan fingerprint density at radius 3 is 2.60 bits per heavy atom. The maximum Gasteiger partial charge on any atom is 0.312 e. The number of carbonyl (C=O) groups excluding carboxylic acids is 1. The maximum atomic E-state index is 10.2. The number of piperidine rings is 1. The third-order valence-electron chi connectivity index (χ3n) is 2.03. The van der Waals surface area contributed by atoms with E-state index in [1.807, 2.05) is 6.41 Å². The molecule has 0 aromatic carbocycles. The molecule has 1 aliphatic heterocycles. The van der Waals surface area contributed by atoms with Gasteiger partial charge >= 0.3 is 6.41 Å². The molecule has 1 amide bonds. The van der Waals surface area contributed by atoms with E-state index in [0.717, 1.165) is 19.5 Å². The van der Waals surface area contributed by atoms with Gasteiger partial charge in [0.1, 0.15) is 0 Å². The molecule has 0 N–H and O–H groups in total. The SMILES string of the molecule is CC1(C)CCCN([C]=O)C1. The highest BCUT2D eigenvalue weighted by molar-refractivity contribution is 5.48. The smallest absolute Gasteiger partial charge is 0.312 e. The summed E-state index contributed by atoms with van der Waals surface area (Å²) in [5, 5.41) is 0. The summed E-state index contributed by atoms with van der Waals surface area (Å²) in [6.45, 7) is 6.15. The first-order chi connectivity index (χ1) is 4.64. The second kappa shape index (κ2) is 2.60. The van der Waals surface area contributed by atoms with Gasteiger partial charge in [0, 0.05) is 13.1 Å². The van der Waals surface area contributed by atoms with Crippen LogP contribution >= 0.6 is 0 Å². The summed E-state index contributed by atoms with van der Waals surface area (Å²) in [4.78, 5) is 12.0. The molecule has 0 aromatic rings. The van der Waals surface area contributed by atoms with E-state index in [-0.39, 0.29) is 0 Å². The monoisotopic (exact) mass is 140 g/mol. The minimum absolute atomic E-state index is 0.315. The number of amides is 1. The van der Waals surface area contributed by atoms with Gasteiger partial charge in [-0.1, -0.05) is 13.8 Å². The summed E-state index contributed by atoms with van der Waals surface area (Å²) in [5.74, 6) is 0. The van der Waals surface area contributed by atoms with Gasteiger partial charge in [0.2, 0.25) is 0 Å². The normalized spacial score (nSPS) is 24.4. The summed E-state index contributed by atoms with van der Waals surface area (Å²) in [5.41, 5.74) is 0.315. The Balaban J connectivity index is 2.47. The topological polar surface area (TPSA) is 20.3 Å². The van der Waals surface area contributed by atoms with E-state index >= 15 is 0 Å². The third-order valence-corrected chi connectivity index (χ3v) is 2.03. The van der Waals surface area contributed by atoms with Crippen LogP contribution in [0, 0.1) is 5.41 Å². The van der Waals surface area contributed by atoms with Gasteiger partial charge in [0.05, 0.1) is 0 Å². The molecule has 1 heterocycles. The molecule has 2 nitrogen and oxygen atoms in total. The Hall–Kier alpha value is -0.530. The lowest BCUT2D eigenvalue weighted by molar-refractivity contribution is 0.174. The van der Waals surface area contributed by atoms with Crippen molar-refractivity contribution in [2.45, 2.75) is 26.7 Å². The van der Waals surface area contributed by atoms with Gasteiger partial charge in [-0.25, -0.2) is 0 Å². The van der Waals surface area contributed by atoms with Crippen molar-refractivity contribution in [3.05, 3.63) is 0 Å². The molecule has 1 saturated heterocycles. The predicted octanol–water partition coefficient (Wildman–Crippen LogP) is 1.18. The van der Waals surface area contributed by atoms with Crippen molar-refractivity contribution in [2.24, 2.45) is 5.41 Å². The van der Waals surface area contributed by atoms with Crippen LogP contribution in [0.1, 0.15) is 26.7 Å². The molecule has 0 atom stereocenters. The largest absolute Gasteiger partial charge is 0.334 e. The van der Waals surface area contributed by atoms with Gasteiger partial charge < -0.3 is 4.90 Å². The molecule has 10 heavy (non-hydrogen) atoms. The number of hydrogen-bond donors (Lipinski definition) is 0. The van der Waals surface area contributed by atoms with Gasteiger partial charge in [-0.15, -0.1) is 0 Å². The number of hydrogen-bond acceptors (Lipinski definition) is 1. The van der Waals surface area contributed by atoms with Crippen molar-refractivity contribution in [2.75, 3.05) is 13.1 Å². The van der Waals surface area contributed by atoms with E-state index in [1.54, 1.807) is 4.90 Å². The molecule has 0 saturated carbocycles. The van der Waals surface area contributed by atoms with E-state index in [9.17, 15) is 4.79 Å². The van der Waals surface area contributed by atoms with Crippen LogP contribution in [0.2, 0.25) is 0 Å². The zero-order valence-electron chi connectivity index (χ0n) is 6.68. The number of rotatable bonds is 1. The first-order valence-electron chi connectivity index (χ1n) is 3.77. The Labute approximate surface area is 62.2 Å². The van der Waals surface area contributed by atoms with Crippen LogP contribution in [-0.2, 0) is 4.79 Å². The van der Waals surface area contributed by atoms with Crippen LogP contribution in [0.15, 0.2) is 0 Å². The average molecular weight is 140 g/mol. The quantitative estimate of drug-likeness (QED) is 0.535. The van der Waals surface area contributed by atoms with Crippen molar-refractivity contribution >= 4 is 6.41 Å². The molecule has 0 aromatic heterocycles. The number of nitrogens with zero attached hydrogens (tertiary/aromatic N) is 1. The molecule has 0 unspecified atom stereocenters. The fourth-order valence-electron chi connectivity index (χ4n) is 1.50. The van der Waals surface area contributed by atoms with Crippen LogP contribution < -0.4 is 0 Å². The molecular weight excluding hydrogens is 126 g/mol. The lowest BCUT2D eigenvalue weighted by Crippen LogP contribution is -2.38. The van der Waals surface area contributed by atoms with Gasteiger partial charge in [0.15, 0.2) is 0 Å². The first kappa shape index (κ1) is 7.58. The number of likely N-dealkylation sites (tertiary alicyclic amines) is 1. The van der Waals surface area contributed by atoms with Crippen LogP contribution in [-0.4, -0.2) is 24.4 Å². The minimum Gasteiger partial charge on any atom is -0.334 e. The molecule has 1 radical (unpaired) electrons. The van der Waals surface area contributed by atoms with Crippen LogP contribution in [0.3, 0.4) is 0 Å². The van der Waals surface area contributed by atoms with Crippen molar-refractivity contribution in [1.82, 2.24) is 4.90 Å². The lowest BCUT2D eigenvalue weighted by Gasteiger charge is -2.35. The van der Waals surface area contributed by atoms with Crippen molar-refractivity contribution < 1.29 is 4.79 Å². The standard InChI is InChI=1S/C8H14NO/c1-8(2)4-3-5-9(6-8)7-10/h3-6H2,1-2H3. The zero-order valence-corrected chi connectivity index (χ0v) is 6.68. The van der Waals surface area contributed by atoms with E-state index in [4.69, 9.17) is 0 Å². The van der Waals surface area contributed by atoms with Crippen molar-refractivity contribution in [3.8, 4) is 0 Å². The highest BCUT2D eigenvalue weighted by Crippen LogP contribution is 2.27. The van der Waals surface area contributed by atoms with E-state index < -0.39 is 0 Å². The Morgan fingerprint density at radius 1 is 1.50 bits per heavy atom. The van der Waals surface area contributed by atoms with Gasteiger partial charge in [-0.2, -0.15) is 0 Å². The van der Waals surface area contributed by atoms with E-state index in [0.29, 0.717) is 5.41 Å². The Morgan fingerprint density at radius 2 is 2.20 bits per heavy atom. The predicted molar refractivity (Wildman–Crippen MR) is 40.3 cm³/mol. The molecule has 2 heteroatoms. The summed E-state index contributed by atoms with van der Waals surface area (Å²) in [6, 6.07) is 0. The third kappa shape index (κ3) is 1.72.